The van der Waals surface area contributed by atoms with E-state index in [9.17, 15) is 0 Å². The zero-order chi connectivity index (χ0) is 12.4. The summed E-state index contributed by atoms with van der Waals surface area (Å²) in [6.07, 6.45) is 2.21. The van der Waals surface area contributed by atoms with Gasteiger partial charge in [0, 0.05) is 18.3 Å². The number of aryl methyl sites for hydroxylation is 1. The molecule has 0 saturated heterocycles. The Morgan fingerprint density at radius 1 is 1.59 bits per heavy atom. The number of amidine groups is 1. The number of nitrogens with one attached hydrogen (secondary N) is 1. The first kappa shape index (κ1) is 11.8. The van der Waals surface area contributed by atoms with Crippen LogP contribution < -0.4 is 10.6 Å². The minimum atomic E-state index is -0.0588. The third-order valence-electron chi connectivity index (χ3n) is 2.70. The summed E-state index contributed by atoms with van der Waals surface area (Å²) in [5.74, 6) is 0.503. The molecule has 6 nitrogen and oxygen atoms in total. The molecule has 1 aromatic rings. The summed E-state index contributed by atoms with van der Waals surface area (Å²) in [4.78, 5) is 10.6. The summed E-state index contributed by atoms with van der Waals surface area (Å²) in [6.45, 7) is 2.44. The molecule has 0 spiro atoms. The normalized spacial score (nSPS) is 14.7. The van der Waals surface area contributed by atoms with Gasteiger partial charge in [-0.1, -0.05) is 0 Å². The Labute approximate surface area is 100.0 Å². The topological polar surface area (TPSA) is 99.1 Å². The van der Waals surface area contributed by atoms with E-state index < -0.39 is 0 Å². The van der Waals surface area contributed by atoms with Crippen molar-refractivity contribution < 1.29 is 5.11 Å². The Balaban J connectivity index is 2.31. The number of rotatable bonds is 5. The predicted molar refractivity (Wildman–Crippen MR) is 65.2 cm³/mol. The van der Waals surface area contributed by atoms with Crippen LogP contribution in [0.2, 0.25) is 0 Å². The van der Waals surface area contributed by atoms with Gasteiger partial charge in [0.25, 0.3) is 0 Å². The summed E-state index contributed by atoms with van der Waals surface area (Å²) < 4.78 is 0. The lowest BCUT2D eigenvalue weighted by molar-refractivity contribution is 0.300. The van der Waals surface area contributed by atoms with Gasteiger partial charge in [-0.3, -0.25) is 5.41 Å². The Bertz CT molecular complexity index is 430. The minimum absolute atomic E-state index is 0.0588. The van der Waals surface area contributed by atoms with Gasteiger partial charge in [-0.15, -0.1) is 0 Å². The van der Waals surface area contributed by atoms with E-state index in [0.717, 1.165) is 18.5 Å². The zero-order valence-corrected chi connectivity index (χ0v) is 9.85. The van der Waals surface area contributed by atoms with Crippen LogP contribution in [0.25, 0.3) is 0 Å². The van der Waals surface area contributed by atoms with E-state index in [1.807, 2.05) is 11.8 Å². The summed E-state index contributed by atoms with van der Waals surface area (Å²) >= 11 is 0. The lowest BCUT2D eigenvalue weighted by Gasteiger charge is -2.21. The second-order valence-corrected chi connectivity index (χ2v) is 4.26. The monoisotopic (exact) mass is 235 g/mol. The number of nitrogen functional groups attached to an aromatic ring is 1. The Hall–Kier alpha value is -1.69. The molecule has 0 atom stereocenters. The Morgan fingerprint density at radius 2 is 2.29 bits per heavy atom. The van der Waals surface area contributed by atoms with Crippen molar-refractivity contribution in [1.29, 1.82) is 5.41 Å². The van der Waals surface area contributed by atoms with Gasteiger partial charge < -0.3 is 15.7 Å². The first-order valence-corrected chi connectivity index (χ1v) is 5.69. The van der Waals surface area contributed by atoms with E-state index in [4.69, 9.17) is 16.2 Å². The molecule has 0 amide bonds. The van der Waals surface area contributed by atoms with Gasteiger partial charge in [0.2, 0.25) is 5.95 Å². The van der Waals surface area contributed by atoms with Gasteiger partial charge in [-0.25, -0.2) is 9.97 Å². The Morgan fingerprint density at radius 3 is 2.82 bits per heavy atom. The van der Waals surface area contributed by atoms with Crippen molar-refractivity contribution >= 4 is 11.8 Å². The van der Waals surface area contributed by atoms with Crippen LogP contribution in [-0.4, -0.2) is 40.1 Å². The van der Waals surface area contributed by atoms with E-state index in [-0.39, 0.29) is 12.4 Å². The van der Waals surface area contributed by atoms with E-state index in [2.05, 4.69) is 9.97 Å². The van der Waals surface area contributed by atoms with Crippen LogP contribution in [0, 0.1) is 12.3 Å². The van der Waals surface area contributed by atoms with Crippen LogP contribution in [0.5, 0.6) is 0 Å². The molecule has 17 heavy (non-hydrogen) atoms. The average Bonchev–Trinajstić information content (AvgIpc) is 3.08. The molecule has 0 aliphatic heterocycles. The largest absolute Gasteiger partial charge is 0.395 e. The highest BCUT2D eigenvalue weighted by atomic mass is 16.3. The number of hydrogen-bond donors (Lipinski definition) is 3. The number of aliphatic hydroxyl groups excluding tert-OH is 1. The van der Waals surface area contributed by atoms with Gasteiger partial charge in [-0.2, -0.15) is 0 Å². The zero-order valence-electron chi connectivity index (χ0n) is 9.85. The molecule has 0 bridgehead atoms. The van der Waals surface area contributed by atoms with Crippen molar-refractivity contribution in [3.8, 4) is 0 Å². The standard InChI is InChI=1S/C11H17N5O/c1-7-6-9(10(12)13)15-11(14-7)16(4-5-17)8-2-3-8/h6,8,17H,2-5H2,1H3,(H3,12,13). The summed E-state index contributed by atoms with van der Waals surface area (Å²) in [5.41, 5.74) is 6.66. The molecule has 0 unspecified atom stereocenters. The van der Waals surface area contributed by atoms with Crippen LogP contribution >= 0.6 is 0 Å². The van der Waals surface area contributed by atoms with Gasteiger partial charge in [0.1, 0.15) is 11.5 Å². The molecule has 1 aliphatic carbocycles. The summed E-state index contributed by atoms with van der Waals surface area (Å²) in [5, 5.41) is 16.5. The van der Waals surface area contributed by atoms with Crippen molar-refractivity contribution in [2.24, 2.45) is 5.73 Å². The van der Waals surface area contributed by atoms with Gasteiger partial charge >= 0.3 is 0 Å². The molecule has 1 heterocycles. The molecule has 6 heteroatoms. The fourth-order valence-corrected chi connectivity index (χ4v) is 1.76. The number of nitrogens with zero attached hydrogens (tertiary/aromatic N) is 3. The SMILES string of the molecule is Cc1cc(C(=N)N)nc(N(CCO)C2CC2)n1. The van der Waals surface area contributed by atoms with Gasteiger partial charge in [0.05, 0.1) is 6.61 Å². The van der Waals surface area contributed by atoms with Crippen LogP contribution in [0.4, 0.5) is 5.95 Å². The lowest BCUT2D eigenvalue weighted by atomic mass is 10.3. The number of aliphatic hydroxyl groups is 1. The second kappa shape index (κ2) is 4.67. The second-order valence-electron chi connectivity index (χ2n) is 4.26. The van der Waals surface area contributed by atoms with E-state index in [0.29, 0.717) is 24.2 Å². The average molecular weight is 235 g/mol. The molecule has 4 N–H and O–H groups in total. The molecular weight excluding hydrogens is 218 g/mol. The predicted octanol–water partition coefficient (Wildman–Crippen LogP) is 0.0302. The number of aromatic nitrogens is 2. The molecule has 0 aromatic carbocycles. The third kappa shape index (κ3) is 2.71. The van der Waals surface area contributed by atoms with Crippen molar-refractivity contribution in [1.82, 2.24) is 9.97 Å². The molecule has 1 aromatic heterocycles. The van der Waals surface area contributed by atoms with Gasteiger partial charge in [0.15, 0.2) is 0 Å². The van der Waals surface area contributed by atoms with Crippen LogP contribution in [0.1, 0.15) is 24.2 Å². The smallest absolute Gasteiger partial charge is 0.226 e. The van der Waals surface area contributed by atoms with Crippen LogP contribution in [-0.2, 0) is 0 Å². The van der Waals surface area contributed by atoms with Crippen molar-refractivity contribution in [3.05, 3.63) is 17.5 Å². The molecular formula is C11H17N5O. The quantitative estimate of drug-likeness (QED) is 0.494. The maximum Gasteiger partial charge on any atom is 0.226 e. The number of hydrogen-bond acceptors (Lipinski definition) is 5. The van der Waals surface area contributed by atoms with Gasteiger partial charge in [-0.05, 0) is 25.8 Å². The fourth-order valence-electron chi connectivity index (χ4n) is 1.76. The van der Waals surface area contributed by atoms with E-state index >= 15 is 0 Å². The summed E-state index contributed by atoms with van der Waals surface area (Å²) in [7, 11) is 0. The number of nitrogens with two attached hydrogens (primary N) is 1. The molecule has 1 fully saturated rings. The lowest BCUT2D eigenvalue weighted by Crippen LogP contribution is -2.31. The van der Waals surface area contributed by atoms with E-state index in [1.165, 1.54) is 0 Å². The molecule has 1 aliphatic rings. The third-order valence-corrected chi connectivity index (χ3v) is 2.70. The van der Waals surface area contributed by atoms with Crippen molar-refractivity contribution in [2.75, 3.05) is 18.1 Å². The first-order valence-electron chi connectivity index (χ1n) is 5.69. The molecule has 92 valence electrons. The molecule has 2 rings (SSSR count). The van der Waals surface area contributed by atoms with Crippen LogP contribution in [0.15, 0.2) is 6.07 Å². The van der Waals surface area contributed by atoms with Crippen LogP contribution in [0.3, 0.4) is 0 Å². The first-order chi connectivity index (χ1) is 8.11. The number of anilines is 1. The highest BCUT2D eigenvalue weighted by Crippen LogP contribution is 2.29. The summed E-state index contributed by atoms with van der Waals surface area (Å²) in [6, 6.07) is 2.11. The highest BCUT2D eigenvalue weighted by Gasteiger charge is 2.30. The molecule has 1 saturated carbocycles. The van der Waals surface area contributed by atoms with Crippen molar-refractivity contribution in [2.45, 2.75) is 25.8 Å². The Kier molecular flexibility index (Phi) is 3.23. The minimum Gasteiger partial charge on any atom is -0.395 e. The highest BCUT2D eigenvalue weighted by molar-refractivity contribution is 5.93. The van der Waals surface area contributed by atoms with Crippen molar-refractivity contribution in [3.63, 3.8) is 0 Å². The van der Waals surface area contributed by atoms with E-state index in [1.54, 1.807) is 6.07 Å². The maximum atomic E-state index is 9.06. The molecule has 0 radical (unpaired) electrons. The fraction of sp³-hybridized carbons (Fsp3) is 0.545. The maximum absolute atomic E-state index is 9.06.